The van der Waals surface area contributed by atoms with E-state index in [1.54, 1.807) is 43.5 Å². The number of rotatable bonds is 4. The van der Waals surface area contributed by atoms with Crippen LogP contribution >= 0.6 is 0 Å². The van der Waals surface area contributed by atoms with Crippen LogP contribution in [0.25, 0.3) is 11.0 Å². The highest BCUT2D eigenvalue weighted by molar-refractivity contribution is 5.97. The van der Waals surface area contributed by atoms with Gasteiger partial charge in [0.1, 0.15) is 22.8 Å². The van der Waals surface area contributed by atoms with Crippen LogP contribution in [0, 0.1) is 0 Å². The van der Waals surface area contributed by atoms with Crippen LogP contribution in [0.15, 0.2) is 30.6 Å². The zero-order valence-electron chi connectivity index (χ0n) is 17.9. The summed E-state index contributed by atoms with van der Waals surface area (Å²) in [6.45, 7) is 2.13. The van der Waals surface area contributed by atoms with Crippen LogP contribution in [0.5, 0.6) is 0 Å². The first-order chi connectivity index (χ1) is 15.4. The molecule has 5 heterocycles. The summed E-state index contributed by atoms with van der Waals surface area (Å²) in [5.74, 6) is 0.739. The average Bonchev–Trinajstić information content (AvgIpc) is 3.34. The van der Waals surface area contributed by atoms with Crippen LogP contribution in [0.1, 0.15) is 23.3 Å². The second kappa shape index (κ2) is 7.75. The maximum Gasteiger partial charge on any atom is 0.415 e. The Morgan fingerprint density at radius 2 is 2.16 bits per heavy atom. The number of hydrogen-bond acceptors (Lipinski definition) is 8. The summed E-state index contributed by atoms with van der Waals surface area (Å²) in [5.41, 5.74) is 1.21. The Balaban J connectivity index is 1.30. The summed E-state index contributed by atoms with van der Waals surface area (Å²) < 4.78 is 5.69. The van der Waals surface area contributed by atoms with Gasteiger partial charge in [-0.05, 0) is 37.6 Å². The number of ether oxygens (including phenoxy) is 1. The molecule has 1 spiro atoms. The Hall–Kier alpha value is -3.73. The van der Waals surface area contributed by atoms with Gasteiger partial charge in [-0.25, -0.2) is 14.8 Å². The largest absolute Gasteiger partial charge is 0.439 e. The molecule has 11 heteroatoms. The van der Waals surface area contributed by atoms with E-state index in [0.717, 1.165) is 24.8 Å². The molecule has 5 rings (SSSR count). The van der Waals surface area contributed by atoms with E-state index in [4.69, 9.17) is 4.74 Å². The number of anilines is 3. The number of carbonyl (C=O) groups excluding carboxylic acids is 2. The number of aromatic nitrogens is 4. The van der Waals surface area contributed by atoms with Crippen LogP contribution in [-0.2, 0) is 4.74 Å². The molecule has 1 unspecified atom stereocenters. The molecule has 2 amide bonds. The molecule has 0 aromatic carbocycles. The molecule has 166 valence electrons. The number of H-pyrrole nitrogens is 1. The van der Waals surface area contributed by atoms with Gasteiger partial charge in [0.15, 0.2) is 0 Å². The van der Waals surface area contributed by atoms with Crippen molar-refractivity contribution in [2.75, 3.05) is 43.9 Å². The lowest BCUT2D eigenvalue weighted by molar-refractivity contribution is 0.0366. The third kappa shape index (κ3) is 3.71. The zero-order valence-corrected chi connectivity index (χ0v) is 17.9. The third-order valence-corrected chi connectivity index (χ3v) is 5.71. The van der Waals surface area contributed by atoms with Gasteiger partial charge in [0.05, 0.1) is 18.4 Å². The molecular formula is C21H24N8O3. The first-order valence-electron chi connectivity index (χ1n) is 10.4. The van der Waals surface area contributed by atoms with Gasteiger partial charge >= 0.3 is 6.09 Å². The van der Waals surface area contributed by atoms with Gasteiger partial charge < -0.3 is 25.3 Å². The minimum absolute atomic E-state index is 0.138. The lowest BCUT2D eigenvalue weighted by Gasteiger charge is -2.31. The fourth-order valence-corrected chi connectivity index (χ4v) is 4.05. The predicted octanol–water partition coefficient (Wildman–Crippen LogP) is 1.88. The quantitative estimate of drug-likeness (QED) is 0.566. The smallest absolute Gasteiger partial charge is 0.415 e. The van der Waals surface area contributed by atoms with Crippen molar-refractivity contribution >= 4 is 40.5 Å². The zero-order chi connectivity index (χ0) is 22.3. The van der Waals surface area contributed by atoms with E-state index >= 15 is 0 Å². The van der Waals surface area contributed by atoms with Crippen LogP contribution in [0.3, 0.4) is 0 Å². The Morgan fingerprint density at radius 1 is 1.28 bits per heavy atom. The Labute approximate surface area is 184 Å². The summed E-state index contributed by atoms with van der Waals surface area (Å²) in [5, 5.41) is 7.09. The number of piperidine rings is 1. The molecule has 0 radical (unpaired) electrons. The lowest BCUT2D eigenvalue weighted by Crippen LogP contribution is -2.48. The molecule has 0 saturated carbocycles. The number of fused-ring (bicyclic) bond motifs is 1. The SMILES string of the molecule is CN(C)C(=O)c1cc2cnc(Nc3ccc(N4CC5(CCCNC5)OC4=O)cn3)nc2[nH]1. The molecular weight excluding hydrogens is 412 g/mol. The first kappa shape index (κ1) is 20.2. The average molecular weight is 436 g/mol. The molecule has 32 heavy (non-hydrogen) atoms. The minimum atomic E-state index is -0.460. The van der Waals surface area contributed by atoms with Crippen molar-refractivity contribution in [3.63, 3.8) is 0 Å². The number of nitrogens with zero attached hydrogens (tertiary/aromatic N) is 5. The van der Waals surface area contributed by atoms with Crippen LogP contribution in [-0.4, -0.2) is 76.2 Å². The number of amides is 2. The monoisotopic (exact) mass is 436 g/mol. The third-order valence-electron chi connectivity index (χ3n) is 5.71. The maximum atomic E-state index is 12.4. The van der Waals surface area contributed by atoms with Gasteiger partial charge in [0.25, 0.3) is 5.91 Å². The number of pyridine rings is 1. The lowest BCUT2D eigenvalue weighted by atomic mass is 9.94. The molecule has 0 bridgehead atoms. The predicted molar refractivity (Wildman–Crippen MR) is 118 cm³/mol. The number of aromatic amines is 1. The molecule has 3 N–H and O–H groups in total. The molecule has 2 fully saturated rings. The number of nitrogens with one attached hydrogen (secondary N) is 3. The van der Waals surface area contributed by atoms with Crippen molar-refractivity contribution in [3.05, 3.63) is 36.3 Å². The summed E-state index contributed by atoms with van der Waals surface area (Å²) in [4.78, 5) is 43.8. The van der Waals surface area contributed by atoms with E-state index in [9.17, 15) is 9.59 Å². The molecule has 3 aromatic heterocycles. The van der Waals surface area contributed by atoms with Gasteiger partial charge in [-0.15, -0.1) is 0 Å². The molecule has 0 aliphatic carbocycles. The topological polar surface area (TPSA) is 128 Å². The molecule has 3 aromatic rings. The van der Waals surface area contributed by atoms with Gasteiger partial charge in [-0.1, -0.05) is 0 Å². The van der Waals surface area contributed by atoms with Crippen LogP contribution < -0.4 is 15.5 Å². The second-order valence-corrected chi connectivity index (χ2v) is 8.32. The normalized spacial score (nSPS) is 20.6. The molecule has 2 saturated heterocycles. The van der Waals surface area contributed by atoms with Gasteiger partial charge in [0.2, 0.25) is 5.95 Å². The molecule has 1 atom stereocenters. The standard InChI is InChI=1S/C21H24N8O3/c1-28(2)18(30)15-8-13-9-24-19(27-17(13)25-15)26-16-5-4-14(10-23-16)29-12-21(32-20(29)31)6-3-7-22-11-21/h4-5,8-10,22H,3,6-7,11-12H2,1-2H3,(H2,23,24,25,26,27). The van der Waals surface area contributed by atoms with E-state index in [-0.39, 0.29) is 12.0 Å². The van der Waals surface area contributed by atoms with E-state index in [1.807, 2.05) is 6.07 Å². The highest BCUT2D eigenvalue weighted by Gasteiger charge is 2.46. The fraction of sp³-hybridized carbons (Fsp3) is 0.381. The van der Waals surface area contributed by atoms with Crippen LogP contribution in [0.2, 0.25) is 0 Å². The second-order valence-electron chi connectivity index (χ2n) is 8.32. The van der Waals surface area contributed by atoms with Crippen molar-refractivity contribution in [1.29, 1.82) is 0 Å². The highest BCUT2D eigenvalue weighted by atomic mass is 16.6. The fourth-order valence-electron chi connectivity index (χ4n) is 4.05. The Bertz CT molecular complexity index is 1170. The van der Waals surface area contributed by atoms with Crippen LogP contribution in [0.4, 0.5) is 22.2 Å². The molecule has 2 aliphatic rings. The summed E-state index contributed by atoms with van der Waals surface area (Å²) >= 11 is 0. The van der Waals surface area contributed by atoms with Crippen molar-refractivity contribution in [2.45, 2.75) is 18.4 Å². The maximum absolute atomic E-state index is 12.4. The van der Waals surface area contributed by atoms with Crippen molar-refractivity contribution < 1.29 is 14.3 Å². The van der Waals surface area contributed by atoms with Crippen molar-refractivity contribution in [1.82, 2.24) is 30.2 Å². The summed E-state index contributed by atoms with van der Waals surface area (Å²) in [6, 6.07) is 5.29. The van der Waals surface area contributed by atoms with E-state index in [2.05, 4.69) is 30.6 Å². The van der Waals surface area contributed by atoms with Crippen molar-refractivity contribution in [3.8, 4) is 0 Å². The minimum Gasteiger partial charge on any atom is -0.439 e. The van der Waals surface area contributed by atoms with E-state index in [0.29, 0.717) is 41.9 Å². The molecule has 2 aliphatic heterocycles. The molecule has 11 nitrogen and oxygen atoms in total. The Morgan fingerprint density at radius 3 is 2.88 bits per heavy atom. The number of carbonyl (C=O) groups is 2. The summed E-state index contributed by atoms with van der Waals surface area (Å²) in [6.07, 6.45) is 4.76. The van der Waals surface area contributed by atoms with Gasteiger partial charge in [-0.3, -0.25) is 9.69 Å². The van der Waals surface area contributed by atoms with Crippen molar-refractivity contribution in [2.24, 2.45) is 0 Å². The van der Waals surface area contributed by atoms with E-state index < -0.39 is 5.60 Å². The Kier molecular flexibility index (Phi) is 4.89. The van der Waals surface area contributed by atoms with Gasteiger partial charge in [-0.2, -0.15) is 4.98 Å². The summed E-state index contributed by atoms with van der Waals surface area (Å²) in [7, 11) is 3.38. The highest BCUT2D eigenvalue weighted by Crippen LogP contribution is 2.32. The van der Waals surface area contributed by atoms with E-state index in [1.165, 1.54) is 4.90 Å². The first-order valence-corrected chi connectivity index (χ1v) is 10.4. The van der Waals surface area contributed by atoms with Gasteiger partial charge in [0, 0.05) is 32.2 Å². The number of hydrogen-bond donors (Lipinski definition) is 3.